The highest BCUT2D eigenvalue weighted by Crippen LogP contribution is 2.33. The van der Waals surface area contributed by atoms with Crippen LogP contribution in [0, 0.1) is 5.82 Å². The normalized spacial score (nSPS) is 15.1. The average molecular weight is 566 g/mol. The van der Waals surface area contributed by atoms with Crippen molar-refractivity contribution in [3.63, 3.8) is 0 Å². The van der Waals surface area contributed by atoms with Crippen molar-refractivity contribution in [1.82, 2.24) is 14.8 Å². The van der Waals surface area contributed by atoms with Gasteiger partial charge in [-0.25, -0.2) is 14.1 Å². The standard InChI is InChI=1S/C27H19BrClFN4O2/c28-20-7-1-18(2-8-20)24-15-25(19-5-11-22(30)12-6-19)34(32-24)27(36)16-33-26(35)14-13-23(31-33)17-3-9-21(29)10-4-17/h1-14,25H,15-16H2. The van der Waals surface area contributed by atoms with Gasteiger partial charge in [0.1, 0.15) is 12.4 Å². The van der Waals surface area contributed by atoms with Crippen molar-refractivity contribution in [3.8, 4) is 11.3 Å². The smallest absolute Gasteiger partial charge is 0.267 e. The lowest BCUT2D eigenvalue weighted by Gasteiger charge is -2.22. The van der Waals surface area contributed by atoms with Gasteiger partial charge in [0.2, 0.25) is 0 Å². The lowest BCUT2D eigenvalue weighted by atomic mass is 9.98. The minimum atomic E-state index is -0.438. The largest absolute Gasteiger partial charge is 0.271 e. The van der Waals surface area contributed by atoms with Crippen LogP contribution in [0.15, 0.2) is 99.3 Å². The molecule has 0 saturated heterocycles. The van der Waals surface area contributed by atoms with Gasteiger partial charge in [0, 0.05) is 27.5 Å². The quantitative estimate of drug-likeness (QED) is 0.305. The molecule has 0 saturated carbocycles. The lowest BCUT2D eigenvalue weighted by molar-refractivity contribution is -0.133. The van der Waals surface area contributed by atoms with E-state index in [2.05, 4.69) is 26.1 Å². The predicted octanol–water partition coefficient (Wildman–Crippen LogP) is 5.84. The summed E-state index contributed by atoms with van der Waals surface area (Å²) in [6, 6.07) is 23.2. The molecule has 0 radical (unpaired) electrons. The number of halogens is 3. The molecule has 9 heteroatoms. The summed E-state index contributed by atoms with van der Waals surface area (Å²) >= 11 is 9.40. The topological polar surface area (TPSA) is 67.6 Å². The first kappa shape index (κ1) is 24.1. The van der Waals surface area contributed by atoms with E-state index in [0.29, 0.717) is 17.1 Å². The number of aromatic nitrogens is 2. The fourth-order valence-electron chi connectivity index (χ4n) is 4.04. The molecule has 4 aromatic rings. The summed E-state index contributed by atoms with van der Waals surface area (Å²) in [5, 5.41) is 11.0. The Bertz CT molecular complexity index is 1500. The van der Waals surface area contributed by atoms with Crippen molar-refractivity contribution < 1.29 is 9.18 Å². The number of carbonyl (C=O) groups is 1. The Morgan fingerprint density at radius 1 is 0.944 bits per heavy atom. The van der Waals surface area contributed by atoms with Gasteiger partial charge in [-0.05, 0) is 53.6 Å². The van der Waals surface area contributed by atoms with Gasteiger partial charge in [0.25, 0.3) is 11.5 Å². The van der Waals surface area contributed by atoms with Gasteiger partial charge < -0.3 is 0 Å². The van der Waals surface area contributed by atoms with Crippen LogP contribution >= 0.6 is 27.5 Å². The van der Waals surface area contributed by atoms with Crippen LogP contribution in [0.5, 0.6) is 0 Å². The summed E-state index contributed by atoms with van der Waals surface area (Å²) in [4.78, 5) is 26.0. The van der Waals surface area contributed by atoms with E-state index in [4.69, 9.17) is 11.6 Å². The average Bonchev–Trinajstić information content (AvgIpc) is 3.32. The fourth-order valence-corrected chi connectivity index (χ4v) is 4.43. The molecule has 3 aromatic carbocycles. The van der Waals surface area contributed by atoms with E-state index in [0.717, 1.165) is 31.6 Å². The zero-order valence-corrected chi connectivity index (χ0v) is 21.2. The molecule has 2 heterocycles. The number of hydrazone groups is 1. The highest BCUT2D eigenvalue weighted by atomic mass is 79.9. The second-order valence-electron chi connectivity index (χ2n) is 8.28. The molecule has 0 N–H and O–H groups in total. The highest BCUT2D eigenvalue weighted by Gasteiger charge is 2.33. The second kappa shape index (κ2) is 10.2. The maximum atomic E-state index is 13.6. The molecule has 1 amide bonds. The maximum Gasteiger partial charge on any atom is 0.267 e. The minimum absolute atomic E-state index is 0.297. The van der Waals surface area contributed by atoms with Crippen molar-refractivity contribution >= 4 is 39.1 Å². The van der Waals surface area contributed by atoms with Crippen LogP contribution in [0.3, 0.4) is 0 Å². The Labute approximate surface area is 219 Å². The third kappa shape index (κ3) is 5.15. The van der Waals surface area contributed by atoms with Gasteiger partial charge in [-0.1, -0.05) is 63.9 Å². The molecule has 36 heavy (non-hydrogen) atoms. The molecule has 6 nitrogen and oxygen atoms in total. The number of benzene rings is 3. The Morgan fingerprint density at radius 3 is 2.31 bits per heavy atom. The van der Waals surface area contributed by atoms with Crippen LogP contribution in [0.25, 0.3) is 11.3 Å². The summed E-state index contributed by atoms with van der Waals surface area (Å²) in [5.74, 6) is -0.766. The molecule has 0 bridgehead atoms. The summed E-state index contributed by atoms with van der Waals surface area (Å²) in [7, 11) is 0. The van der Waals surface area contributed by atoms with Crippen molar-refractivity contribution in [2.75, 3.05) is 0 Å². The number of hydrogen-bond acceptors (Lipinski definition) is 4. The molecule has 1 aliphatic heterocycles. The monoisotopic (exact) mass is 564 g/mol. The highest BCUT2D eigenvalue weighted by molar-refractivity contribution is 9.10. The van der Waals surface area contributed by atoms with Crippen LogP contribution in [0.1, 0.15) is 23.6 Å². The first-order valence-electron chi connectivity index (χ1n) is 11.1. The number of rotatable bonds is 5. The molecule has 1 aliphatic rings. The first-order valence-corrected chi connectivity index (χ1v) is 12.3. The SMILES string of the molecule is O=C(Cn1nc(-c2ccc(Cl)cc2)ccc1=O)N1N=C(c2ccc(Br)cc2)CC1c1ccc(F)cc1. The number of nitrogens with zero attached hydrogens (tertiary/aromatic N) is 4. The summed E-state index contributed by atoms with van der Waals surface area (Å²) in [6.07, 6.45) is 0.451. The fraction of sp³-hybridized carbons (Fsp3) is 0.111. The Balaban J connectivity index is 1.46. The molecule has 1 aromatic heterocycles. The van der Waals surface area contributed by atoms with Crippen LogP contribution in [0.2, 0.25) is 5.02 Å². The van der Waals surface area contributed by atoms with E-state index < -0.39 is 17.5 Å². The molecular formula is C27H19BrClFN4O2. The van der Waals surface area contributed by atoms with E-state index in [1.807, 2.05) is 24.3 Å². The lowest BCUT2D eigenvalue weighted by Crippen LogP contribution is -2.34. The Kier molecular flexibility index (Phi) is 6.80. The third-order valence-electron chi connectivity index (χ3n) is 5.89. The summed E-state index contributed by atoms with van der Waals surface area (Å²) in [6.45, 7) is -0.297. The van der Waals surface area contributed by atoms with Gasteiger partial charge in [0.05, 0.1) is 17.4 Å². The van der Waals surface area contributed by atoms with Gasteiger partial charge in [-0.3, -0.25) is 9.59 Å². The van der Waals surface area contributed by atoms with E-state index in [-0.39, 0.29) is 12.4 Å². The van der Waals surface area contributed by atoms with E-state index in [9.17, 15) is 14.0 Å². The molecule has 1 unspecified atom stereocenters. The number of hydrogen-bond donors (Lipinski definition) is 0. The van der Waals surface area contributed by atoms with Crippen molar-refractivity contribution in [2.45, 2.75) is 19.0 Å². The first-order chi connectivity index (χ1) is 17.4. The van der Waals surface area contributed by atoms with Gasteiger partial charge in [0.15, 0.2) is 0 Å². The van der Waals surface area contributed by atoms with Crippen molar-refractivity contribution in [2.24, 2.45) is 5.10 Å². The third-order valence-corrected chi connectivity index (χ3v) is 6.67. The Morgan fingerprint density at radius 2 is 1.61 bits per heavy atom. The predicted molar refractivity (Wildman–Crippen MR) is 140 cm³/mol. The summed E-state index contributed by atoms with van der Waals surface area (Å²) < 4.78 is 15.6. The van der Waals surface area contributed by atoms with Crippen LogP contribution < -0.4 is 5.56 Å². The molecule has 0 fully saturated rings. The maximum absolute atomic E-state index is 13.6. The van der Waals surface area contributed by atoms with Crippen LogP contribution in [-0.4, -0.2) is 26.4 Å². The molecular weight excluding hydrogens is 547 g/mol. The van der Waals surface area contributed by atoms with E-state index >= 15 is 0 Å². The molecule has 180 valence electrons. The minimum Gasteiger partial charge on any atom is -0.271 e. The zero-order chi connectivity index (χ0) is 25.2. The molecule has 1 atom stereocenters. The van der Waals surface area contributed by atoms with E-state index in [1.165, 1.54) is 23.2 Å². The van der Waals surface area contributed by atoms with Gasteiger partial charge in [-0.15, -0.1) is 0 Å². The van der Waals surface area contributed by atoms with E-state index in [1.54, 1.807) is 42.5 Å². The summed E-state index contributed by atoms with van der Waals surface area (Å²) in [5.41, 5.74) is 3.24. The van der Waals surface area contributed by atoms with Crippen molar-refractivity contribution in [1.29, 1.82) is 0 Å². The van der Waals surface area contributed by atoms with Crippen LogP contribution in [-0.2, 0) is 11.3 Å². The number of amides is 1. The van der Waals surface area contributed by atoms with Crippen LogP contribution in [0.4, 0.5) is 4.39 Å². The molecule has 5 rings (SSSR count). The van der Waals surface area contributed by atoms with Crippen molar-refractivity contribution in [3.05, 3.63) is 122 Å². The molecule has 0 spiro atoms. The second-order valence-corrected chi connectivity index (χ2v) is 9.64. The van der Waals surface area contributed by atoms with Gasteiger partial charge in [-0.2, -0.15) is 10.2 Å². The Hall–Kier alpha value is -3.62. The number of carbonyl (C=O) groups excluding carboxylic acids is 1. The zero-order valence-electron chi connectivity index (χ0n) is 18.8. The molecule has 0 aliphatic carbocycles. The van der Waals surface area contributed by atoms with Gasteiger partial charge >= 0.3 is 0 Å².